The van der Waals surface area contributed by atoms with Crippen molar-refractivity contribution in [2.45, 2.75) is 32.9 Å². The normalized spacial score (nSPS) is 13.7. The Bertz CT molecular complexity index is 1380. The maximum atomic E-state index is 13.1. The number of hydrogen-bond donors (Lipinski definition) is 0. The number of ketones is 1. The molecule has 2 aliphatic rings. The molecule has 0 N–H and O–H groups in total. The summed E-state index contributed by atoms with van der Waals surface area (Å²) in [6.07, 6.45) is 1.83. The van der Waals surface area contributed by atoms with Gasteiger partial charge in [-0.1, -0.05) is 40.2 Å². The van der Waals surface area contributed by atoms with Gasteiger partial charge in [0, 0.05) is 46.5 Å². The van der Waals surface area contributed by atoms with Crippen molar-refractivity contribution in [2.75, 3.05) is 13.2 Å². The molecule has 3 aromatic carbocycles. The van der Waals surface area contributed by atoms with Crippen LogP contribution in [0.15, 0.2) is 59.1 Å². The molecule has 3 heterocycles. The Morgan fingerprint density at radius 3 is 2.65 bits per heavy atom. The molecule has 5 nitrogen and oxygen atoms in total. The molecule has 4 aromatic rings. The number of carbonyl (C=O) groups excluding carboxylic acids is 1. The molecule has 0 aliphatic carbocycles. The molecular formula is C27H24Br2N2O3. The summed E-state index contributed by atoms with van der Waals surface area (Å²) in [7, 11) is 0. The number of halogens is 2. The van der Waals surface area contributed by atoms with Crippen LogP contribution in [0.1, 0.15) is 32.9 Å². The molecule has 0 atom stereocenters. The minimum Gasteiger partial charge on any atom is -1.00 e. The fraction of sp³-hybridized carbons (Fsp3) is 0.259. The molecule has 2 aliphatic heterocycles. The van der Waals surface area contributed by atoms with Gasteiger partial charge in [-0.15, -0.1) is 0 Å². The van der Waals surface area contributed by atoms with Crippen LogP contribution in [-0.4, -0.2) is 23.6 Å². The molecule has 0 spiro atoms. The van der Waals surface area contributed by atoms with Gasteiger partial charge < -0.3 is 26.5 Å². The van der Waals surface area contributed by atoms with E-state index in [4.69, 9.17) is 9.47 Å². The zero-order chi connectivity index (χ0) is 22.5. The van der Waals surface area contributed by atoms with Crippen LogP contribution in [-0.2, 0) is 25.9 Å². The lowest BCUT2D eigenvalue weighted by atomic mass is 9.99. The molecule has 7 heteroatoms. The molecule has 174 valence electrons. The minimum absolute atomic E-state index is 0. The van der Waals surface area contributed by atoms with Crippen LogP contribution >= 0.6 is 15.9 Å². The number of ether oxygens (including phenoxy) is 2. The maximum absolute atomic E-state index is 13.1. The van der Waals surface area contributed by atoms with E-state index in [1.54, 1.807) is 0 Å². The molecule has 0 radical (unpaired) electrons. The van der Waals surface area contributed by atoms with E-state index < -0.39 is 0 Å². The molecule has 6 rings (SSSR count). The lowest BCUT2D eigenvalue weighted by Gasteiger charge is -2.12. The third kappa shape index (κ3) is 3.85. The van der Waals surface area contributed by atoms with Crippen molar-refractivity contribution < 1.29 is 35.8 Å². The second-order valence-electron chi connectivity index (χ2n) is 8.66. The predicted octanol–water partition coefficient (Wildman–Crippen LogP) is 1.80. The second kappa shape index (κ2) is 9.19. The first-order chi connectivity index (χ1) is 16.1. The fourth-order valence-electron chi connectivity index (χ4n) is 5.10. The van der Waals surface area contributed by atoms with Crippen LogP contribution in [0.5, 0.6) is 11.5 Å². The number of benzene rings is 3. The van der Waals surface area contributed by atoms with Gasteiger partial charge in [-0.05, 0) is 30.3 Å². The van der Waals surface area contributed by atoms with E-state index in [9.17, 15) is 4.79 Å². The van der Waals surface area contributed by atoms with Crippen LogP contribution in [0.25, 0.3) is 11.0 Å². The van der Waals surface area contributed by atoms with E-state index in [1.807, 2.05) is 30.3 Å². The lowest BCUT2D eigenvalue weighted by molar-refractivity contribution is -0.669. The van der Waals surface area contributed by atoms with Crippen molar-refractivity contribution in [2.24, 2.45) is 0 Å². The Hall–Kier alpha value is -2.64. The van der Waals surface area contributed by atoms with Crippen LogP contribution in [0, 0.1) is 6.92 Å². The molecule has 1 aromatic heterocycles. The van der Waals surface area contributed by atoms with Gasteiger partial charge in [0.05, 0.1) is 13.2 Å². The van der Waals surface area contributed by atoms with Gasteiger partial charge in [0.2, 0.25) is 5.78 Å². The van der Waals surface area contributed by atoms with E-state index >= 15 is 0 Å². The maximum Gasteiger partial charge on any atom is 0.254 e. The highest BCUT2D eigenvalue weighted by atomic mass is 79.9. The number of Topliss-reactive ketones (excluding diaryl/α,β-unsaturated/α-hetero) is 1. The molecule has 0 unspecified atom stereocenters. The summed E-state index contributed by atoms with van der Waals surface area (Å²) >= 11 is 3.44. The molecule has 0 amide bonds. The number of aromatic nitrogens is 2. The third-order valence-corrected chi connectivity index (χ3v) is 7.32. The number of para-hydroxylation sites is 2. The lowest BCUT2D eigenvalue weighted by Crippen LogP contribution is -3.00. The minimum atomic E-state index is 0. The molecule has 0 fully saturated rings. The number of fused-ring (bicyclic) bond motifs is 3. The Kier molecular flexibility index (Phi) is 6.25. The summed E-state index contributed by atoms with van der Waals surface area (Å²) in [5.41, 5.74) is 6.59. The topological polar surface area (TPSA) is 44.3 Å². The SMILES string of the molecule is Cc1n(CC(=O)c2ccc(Br)cc2)c2ccccc2[n+]1Cc1c2c(cc3c1OCC3)OCC2.[Br-]. The smallest absolute Gasteiger partial charge is 0.254 e. The van der Waals surface area contributed by atoms with E-state index in [0.717, 1.165) is 58.9 Å². The first-order valence-electron chi connectivity index (χ1n) is 11.3. The average molecular weight is 584 g/mol. The van der Waals surface area contributed by atoms with Crippen LogP contribution in [0.4, 0.5) is 0 Å². The number of rotatable bonds is 5. The quantitative estimate of drug-likeness (QED) is 0.266. The van der Waals surface area contributed by atoms with Crippen molar-refractivity contribution in [1.82, 2.24) is 4.57 Å². The third-order valence-electron chi connectivity index (χ3n) is 6.79. The Morgan fingerprint density at radius 2 is 1.82 bits per heavy atom. The molecule has 0 bridgehead atoms. The predicted molar refractivity (Wildman–Crippen MR) is 129 cm³/mol. The van der Waals surface area contributed by atoms with Gasteiger partial charge in [-0.3, -0.25) is 4.79 Å². The van der Waals surface area contributed by atoms with E-state index in [2.05, 4.69) is 56.3 Å². The molecule has 0 saturated heterocycles. The molecular weight excluding hydrogens is 560 g/mol. The highest BCUT2D eigenvalue weighted by molar-refractivity contribution is 9.10. The standard InChI is InChI=1S/C27H24BrN2O3.BrH/c1-17-29(15-22-21-11-13-32-26(21)14-19-10-12-33-27(19)22)23-4-2-3-5-24(23)30(17)16-25(31)18-6-8-20(28)9-7-18;/h2-9,14H,10-13,15-16H2,1H3;1H/q+1;/p-1. The largest absolute Gasteiger partial charge is 1.00 e. The van der Waals surface area contributed by atoms with Gasteiger partial charge in [-0.25, -0.2) is 9.13 Å². The Morgan fingerprint density at radius 1 is 1.06 bits per heavy atom. The summed E-state index contributed by atoms with van der Waals surface area (Å²) in [6, 6.07) is 18.0. The van der Waals surface area contributed by atoms with Crippen molar-refractivity contribution in [3.63, 3.8) is 0 Å². The fourth-order valence-corrected chi connectivity index (χ4v) is 5.36. The van der Waals surface area contributed by atoms with Gasteiger partial charge >= 0.3 is 0 Å². The van der Waals surface area contributed by atoms with Crippen molar-refractivity contribution in [3.05, 3.63) is 87.1 Å². The van der Waals surface area contributed by atoms with Crippen molar-refractivity contribution in [1.29, 1.82) is 0 Å². The summed E-state index contributed by atoms with van der Waals surface area (Å²) in [5.74, 6) is 3.16. The Balaban J connectivity index is 0.00000241. The van der Waals surface area contributed by atoms with Crippen molar-refractivity contribution >= 4 is 32.7 Å². The highest BCUT2D eigenvalue weighted by Crippen LogP contribution is 2.40. The zero-order valence-corrected chi connectivity index (χ0v) is 22.0. The van der Waals surface area contributed by atoms with Gasteiger partial charge in [0.1, 0.15) is 18.0 Å². The monoisotopic (exact) mass is 582 g/mol. The zero-order valence-electron chi connectivity index (χ0n) is 18.8. The van der Waals surface area contributed by atoms with E-state index in [-0.39, 0.29) is 22.8 Å². The number of carbonyl (C=O) groups is 1. The molecule has 34 heavy (non-hydrogen) atoms. The van der Waals surface area contributed by atoms with Gasteiger partial charge in [-0.2, -0.15) is 0 Å². The number of hydrogen-bond acceptors (Lipinski definition) is 3. The number of imidazole rings is 1. The average Bonchev–Trinajstić information content (AvgIpc) is 3.54. The first kappa shape index (κ1) is 23.1. The highest BCUT2D eigenvalue weighted by Gasteiger charge is 2.30. The summed E-state index contributed by atoms with van der Waals surface area (Å²) in [5, 5.41) is 0. The van der Waals surface area contributed by atoms with Gasteiger partial charge in [0.25, 0.3) is 5.82 Å². The summed E-state index contributed by atoms with van der Waals surface area (Å²) < 4.78 is 17.4. The molecule has 0 saturated carbocycles. The van der Waals surface area contributed by atoms with Crippen LogP contribution < -0.4 is 31.0 Å². The summed E-state index contributed by atoms with van der Waals surface area (Å²) in [6.45, 7) is 4.53. The van der Waals surface area contributed by atoms with Gasteiger partial charge in [0.15, 0.2) is 17.6 Å². The summed E-state index contributed by atoms with van der Waals surface area (Å²) in [4.78, 5) is 13.1. The first-order valence-corrected chi connectivity index (χ1v) is 12.1. The second-order valence-corrected chi connectivity index (χ2v) is 9.57. The Labute approximate surface area is 217 Å². The van der Waals surface area contributed by atoms with E-state index in [1.165, 1.54) is 16.7 Å². The van der Waals surface area contributed by atoms with E-state index in [0.29, 0.717) is 18.7 Å². The van der Waals surface area contributed by atoms with Crippen LogP contribution in [0.3, 0.4) is 0 Å². The van der Waals surface area contributed by atoms with Crippen LogP contribution in [0.2, 0.25) is 0 Å². The number of nitrogens with zero attached hydrogens (tertiary/aromatic N) is 2. The van der Waals surface area contributed by atoms with Crippen molar-refractivity contribution in [3.8, 4) is 11.5 Å².